The Balaban J connectivity index is 2.15. The Hall–Kier alpha value is -1.31. The lowest BCUT2D eigenvalue weighted by Gasteiger charge is -2.16. The van der Waals surface area contributed by atoms with Crippen LogP contribution in [0, 0.1) is 11.3 Å². The normalized spacial score (nSPS) is 11.3. The molecule has 0 radical (unpaired) electrons. The van der Waals surface area contributed by atoms with E-state index < -0.39 is 0 Å². The van der Waals surface area contributed by atoms with Crippen LogP contribution in [0.1, 0.15) is 36.3 Å². The van der Waals surface area contributed by atoms with Crippen LogP contribution in [0.4, 0.5) is 0 Å². The van der Waals surface area contributed by atoms with E-state index in [4.69, 9.17) is 10.2 Å². The van der Waals surface area contributed by atoms with Crippen molar-refractivity contribution in [2.45, 2.75) is 43.3 Å². The first kappa shape index (κ1) is 15.1. The van der Waals surface area contributed by atoms with Crippen LogP contribution < -0.4 is 0 Å². The van der Waals surface area contributed by atoms with Crippen LogP contribution in [0.3, 0.4) is 0 Å². The summed E-state index contributed by atoms with van der Waals surface area (Å²) < 4.78 is 0. The third-order valence-electron chi connectivity index (χ3n) is 2.80. The highest BCUT2D eigenvalue weighted by atomic mass is 32.2. The summed E-state index contributed by atoms with van der Waals surface area (Å²) in [7, 11) is 0. The van der Waals surface area contributed by atoms with E-state index in [0.717, 1.165) is 21.3 Å². The third kappa shape index (κ3) is 3.84. The first-order valence-electron chi connectivity index (χ1n) is 6.54. The predicted octanol–water partition coefficient (Wildman–Crippen LogP) is 4.80. The maximum atomic E-state index is 8.95. The molecule has 1 aromatic heterocycles. The highest BCUT2D eigenvalue weighted by Gasteiger charge is 2.22. The van der Waals surface area contributed by atoms with Crippen molar-refractivity contribution in [2.75, 3.05) is 0 Å². The highest BCUT2D eigenvalue weighted by Crippen LogP contribution is 2.32. The number of aromatic nitrogens is 1. The van der Waals surface area contributed by atoms with Crippen molar-refractivity contribution in [1.29, 1.82) is 5.26 Å². The third-order valence-corrected chi connectivity index (χ3v) is 5.06. The smallest absolute Gasteiger partial charge is 0.103 e. The molecule has 4 heteroatoms. The summed E-state index contributed by atoms with van der Waals surface area (Å²) in [5.41, 5.74) is 1.07. The standard InChI is InChI=1S/C16H18N2S2/c1-16(2,3)15-13(9-10-17)20-14(18-15)11-19-12-7-5-4-6-8-12/h4-8H,9,11H2,1-3H3. The second kappa shape index (κ2) is 6.43. The molecule has 0 fully saturated rings. The lowest BCUT2D eigenvalue weighted by molar-refractivity contribution is 0.567. The Morgan fingerprint density at radius 2 is 1.95 bits per heavy atom. The van der Waals surface area contributed by atoms with Crippen molar-refractivity contribution in [2.24, 2.45) is 0 Å². The van der Waals surface area contributed by atoms with E-state index in [0.29, 0.717) is 6.42 Å². The molecular formula is C16H18N2S2. The molecule has 0 atom stereocenters. The monoisotopic (exact) mass is 302 g/mol. The number of thioether (sulfide) groups is 1. The SMILES string of the molecule is CC(C)(C)c1nc(CSc2ccccc2)sc1CC#N. The molecule has 20 heavy (non-hydrogen) atoms. The minimum atomic E-state index is -0.00164. The predicted molar refractivity (Wildman–Crippen MR) is 86.1 cm³/mol. The Kier molecular flexibility index (Phi) is 4.85. The summed E-state index contributed by atoms with van der Waals surface area (Å²) in [4.78, 5) is 7.13. The molecule has 0 spiro atoms. The molecule has 1 aromatic carbocycles. The van der Waals surface area contributed by atoms with E-state index >= 15 is 0 Å². The van der Waals surface area contributed by atoms with Gasteiger partial charge in [0.05, 0.1) is 23.9 Å². The van der Waals surface area contributed by atoms with Crippen LogP contribution in [-0.4, -0.2) is 4.98 Å². The van der Waals surface area contributed by atoms with Gasteiger partial charge in [0.1, 0.15) is 5.01 Å². The zero-order valence-corrected chi connectivity index (χ0v) is 13.6. The molecule has 0 amide bonds. The fourth-order valence-corrected chi connectivity index (χ4v) is 4.02. The number of rotatable bonds is 4. The molecule has 2 nitrogen and oxygen atoms in total. The molecule has 104 valence electrons. The Bertz CT molecular complexity index is 604. The largest absolute Gasteiger partial charge is 0.244 e. The van der Waals surface area contributed by atoms with Crippen LogP contribution in [0.15, 0.2) is 35.2 Å². The van der Waals surface area contributed by atoms with Crippen molar-refractivity contribution in [3.63, 3.8) is 0 Å². The van der Waals surface area contributed by atoms with Gasteiger partial charge in [0.2, 0.25) is 0 Å². The number of nitriles is 1. The van der Waals surface area contributed by atoms with Gasteiger partial charge in [-0.15, -0.1) is 23.1 Å². The van der Waals surface area contributed by atoms with Crippen LogP contribution >= 0.6 is 23.1 Å². The van der Waals surface area contributed by atoms with Crippen molar-refractivity contribution in [1.82, 2.24) is 4.98 Å². The van der Waals surface area contributed by atoms with Crippen molar-refractivity contribution >= 4 is 23.1 Å². The second-order valence-electron chi connectivity index (χ2n) is 5.57. The Morgan fingerprint density at radius 3 is 2.55 bits per heavy atom. The van der Waals surface area contributed by atoms with E-state index in [1.165, 1.54) is 4.90 Å². The average Bonchev–Trinajstić information content (AvgIpc) is 2.81. The van der Waals surface area contributed by atoms with Gasteiger partial charge in [-0.1, -0.05) is 39.0 Å². The van der Waals surface area contributed by atoms with Gasteiger partial charge in [-0.25, -0.2) is 4.98 Å². The number of hydrogen-bond donors (Lipinski definition) is 0. The van der Waals surface area contributed by atoms with Crippen LogP contribution in [-0.2, 0) is 17.6 Å². The van der Waals surface area contributed by atoms with Crippen LogP contribution in [0.25, 0.3) is 0 Å². The van der Waals surface area contributed by atoms with Gasteiger partial charge in [-0.05, 0) is 12.1 Å². The molecule has 0 aliphatic rings. The molecule has 0 aliphatic carbocycles. The molecule has 0 N–H and O–H groups in total. The summed E-state index contributed by atoms with van der Waals surface area (Å²) in [6.07, 6.45) is 0.459. The van der Waals surface area contributed by atoms with Crippen molar-refractivity contribution < 1.29 is 0 Å². The summed E-state index contributed by atoms with van der Waals surface area (Å²) in [5.74, 6) is 0.864. The van der Waals surface area contributed by atoms with Gasteiger partial charge in [0.25, 0.3) is 0 Å². The average molecular weight is 302 g/mol. The Morgan fingerprint density at radius 1 is 1.25 bits per heavy atom. The molecule has 2 aromatic rings. The fourth-order valence-electron chi connectivity index (χ4n) is 1.90. The first-order chi connectivity index (χ1) is 9.50. The summed E-state index contributed by atoms with van der Waals surface area (Å²) >= 11 is 3.47. The lowest BCUT2D eigenvalue weighted by Crippen LogP contribution is -2.14. The molecule has 2 rings (SSSR count). The van der Waals surface area contributed by atoms with E-state index in [-0.39, 0.29) is 5.41 Å². The molecule has 0 aliphatic heterocycles. The van der Waals surface area contributed by atoms with Crippen LogP contribution in [0.5, 0.6) is 0 Å². The highest BCUT2D eigenvalue weighted by molar-refractivity contribution is 7.98. The first-order valence-corrected chi connectivity index (χ1v) is 8.35. The Labute approximate surface area is 128 Å². The topological polar surface area (TPSA) is 36.7 Å². The zero-order chi connectivity index (χ0) is 14.6. The van der Waals surface area contributed by atoms with E-state index in [9.17, 15) is 0 Å². The maximum absolute atomic E-state index is 8.95. The molecule has 0 unspecified atom stereocenters. The molecule has 0 bridgehead atoms. The van der Waals surface area contributed by atoms with Gasteiger partial charge < -0.3 is 0 Å². The maximum Gasteiger partial charge on any atom is 0.103 e. The number of thiazole rings is 1. The number of benzene rings is 1. The fraction of sp³-hybridized carbons (Fsp3) is 0.375. The summed E-state index contributed by atoms with van der Waals surface area (Å²) in [6.45, 7) is 6.45. The molecule has 0 saturated heterocycles. The summed E-state index contributed by atoms with van der Waals surface area (Å²) in [6, 6.07) is 12.6. The second-order valence-corrected chi connectivity index (χ2v) is 7.78. The molecular weight excluding hydrogens is 284 g/mol. The van der Waals surface area contributed by atoms with Gasteiger partial charge in [0.15, 0.2) is 0 Å². The minimum absolute atomic E-state index is 0.00164. The van der Waals surface area contributed by atoms with Gasteiger partial charge in [-0.3, -0.25) is 0 Å². The van der Waals surface area contributed by atoms with Crippen LogP contribution in [0.2, 0.25) is 0 Å². The zero-order valence-electron chi connectivity index (χ0n) is 12.0. The quantitative estimate of drug-likeness (QED) is 0.761. The number of hydrogen-bond acceptors (Lipinski definition) is 4. The van der Waals surface area contributed by atoms with Gasteiger partial charge in [0, 0.05) is 15.2 Å². The van der Waals surface area contributed by atoms with E-state index in [2.05, 4.69) is 39.0 Å². The van der Waals surface area contributed by atoms with Gasteiger partial charge >= 0.3 is 0 Å². The minimum Gasteiger partial charge on any atom is -0.244 e. The molecule has 0 saturated carbocycles. The van der Waals surface area contributed by atoms with Crippen molar-refractivity contribution in [3.05, 3.63) is 45.9 Å². The van der Waals surface area contributed by atoms with Crippen molar-refractivity contribution in [3.8, 4) is 6.07 Å². The molecule has 1 heterocycles. The number of nitrogens with zero attached hydrogens (tertiary/aromatic N) is 2. The summed E-state index contributed by atoms with van der Waals surface area (Å²) in [5, 5.41) is 10.1. The van der Waals surface area contributed by atoms with E-state index in [1.54, 1.807) is 23.1 Å². The van der Waals surface area contributed by atoms with E-state index in [1.807, 2.05) is 18.2 Å². The lowest BCUT2D eigenvalue weighted by atomic mass is 9.91. The van der Waals surface area contributed by atoms with Gasteiger partial charge in [-0.2, -0.15) is 5.26 Å².